The lowest BCUT2D eigenvalue weighted by molar-refractivity contribution is -0.117. The number of carbonyl (C=O) groups excluding carboxylic acids is 1. The first-order valence-corrected chi connectivity index (χ1v) is 8.25. The van der Waals surface area contributed by atoms with Crippen LogP contribution in [0.3, 0.4) is 0 Å². The van der Waals surface area contributed by atoms with Gasteiger partial charge in [0.05, 0.1) is 12.3 Å². The van der Waals surface area contributed by atoms with Gasteiger partial charge in [0.25, 0.3) is 0 Å². The van der Waals surface area contributed by atoms with E-state index in [1.807, 2.05) is 34.5 Å². The predicted octanol–water partition coefficient (Wildman–Crippen LogP) is 3.00. The molecule has 0 radical (unpaired) electrons. The summed E-state index contributed by atoms with van der Waals surface area (Å²) in [6.07, 6.45) is 1.59. The topological polar surface area (TPSA) is 54.5 Å². The maximum Gasteiger partial charge on any atom is 0.227 e. The smallest absolute Gasteiger partial charge is 0.227 e. The zero-order valence-corrected chi connectivity index (χ0v) is 13.4. The normalized spacial score (nSPS) is 14.6. The minimum absolute atomic E-state index is 0.206. The molecular weight excluding hydrogens is 298 g/mol. The summed E-state index contributed by atoms with van der Waals surface area (Å²) in [7, 11) is 1.68. The molecule has 0 unspecified atom stereocenters. The molecule has 1 saturated heterocycles. The van der Waals surface area contributed by atoms with Crippen LogP contribution in [0.1, 0.15) is 12.8 Å². The molecule has 116 valence electrons. The second kappa shape index (κ2) is 6.89. The molecule has 0 atom stereocenters. The van der Waals surface area contributed by atoms with Gasteiger partial charge < -0.3 is 15.0 Å². The molecule has 1 aromatic carbocycles. The van der Waals surface area contributed by atoms with Crippen LogP contribution in [-0.4, -0.2) is 37.7 Å². The van der Waals surface area contributed by atoms with Crippen molar-refractivity contribution in [1.29, 1.82) is 0 Å². The summed E-state index contributed by atoms with van der Waals surface area (Å²) in [5.74, 6) is 0.206. The van der Waals surface area contributed by atoms with Gasteiger partial charge >= 0.3 is 0 Å². The number of aromatic nitrogens is 1. The van der Waals surface area contributed by atoms with Crippen molar-refractivity contribution >= 4 is 28.1 Å². The van der Waals surface area contributed by atoms with Crippen LogP contribution in [0.4, 0.5) is 10.8 Å². The van der Waals surface area contributed by atoms with Crippen molar-refractivity contribution in [2.75, 3.05) is 37.0 Å². The van der Waals surface area contributed by atoms with Gasteiger partial charge in [-0.1, -0.05) is 12.1 Å². The highest BCUT2D eigenvalue weighted by molar-refractivity contribution is 7.14. The van der Waals surface area contributed by atoms with Crippen LogP contribution in [0.5, 0.6) is 0 Å². The molecule has 1 amide bonds. The van der Waals surface area contributed by atoms with E-state index in [4.69, 9.17) is 4.74 Å². The molecule has 2 aromatic rings. The molecule has 1 aromatic heterocycles. The maximum absolute atomic E-state index is 11.9. The lowest BCUT2D eigenvalue weighted by Crippen LogP contribution is -2.23. The average Bonchev–Trinajstić information content (AvgIpc) is 3.17. The average molecular weight is 317 g/mol. The van der Waals surface area contributed by atoms with Crippen molar-refractivity contribution in [2.45, 2.75) is 12.8 Å². The highest BCUT2D eigenvalue weighted by atomic mass is 32.1. The van der Waals surface area contributed by atoms with Crippen molar-refractivity contribution in [3.63, 3.8) is 0 Å². The van der Waals surface area contributed by atoms with E-state index in [9.17, 15) is 4.79 Å². The van der Waals surface area contributed by atoms with Gasteiger partial charge in [-0.05, 0) is 18.6 Å². The van der Waals surface area contributed by atoms with E-state index in [0.29, 0.717) is 13.0 Å². The summed E-state index contributed by atoms with van der Waals surface area (Å²) >= 11 is 1.58. The predicted molar refractivity (Wildman–Crippen MR) is 89.5 cm³/mol. The number of rotatable bonds is 6. The Morgan fingerprint density at radius 1 is 1.45 bits per heavy atom. The minimum Gasteiger partial charge on any atom is -0.383 e. The second-order valence-electron chi connectivity index (χ2n) is 5.16. The summed E-state index contributed by atoms with van der Waals surface area (Å²) in [6, 6.07) is 8.03. The molecule has 22 heavy (non-hydrogen) atoms. The van der Waals surface area contributed by atoms with E-state index in [-0.39, 0.29) is 5.91 Å². The summed E-state index contributed by atoms with van der Waals surface area (Å²) in [5, 5.41) is 6.14. The molecule has 1 fully saturated rings. The third kappa shape index (κ3) is 3.28. The molecule has 0 spiro atoms. The van der Waals surface area contributed by atoms with Gasteiger partial charge in [-0.25, -0.2) is 4.98 Å². The number of amides is 1. The Hall–Kier alpha value is -1.92. The number of carbonyl (C=O) groups is 1. The van der Waals surface area contributed by atoms with Crippen molar-refractivity contribution < 1.29 is 9.53 Å². The number of anilines is 2. The first-order valence-electron chi connectivity index (χ1n) is 7.37. The number of ether oxygens (including phenoxy) is 1. The Labute approximate surface area is 133 Å². The van der Waals surface area contributed by atoms with Crippen LogP contribution in [-0.2, 0) is 9.53 Å². The Morgan fingerprint density at radius 2 is 2.36 bits per heavy atom. The lowest BCUT2D eigenvalue weighted by atomic mass is 10.1. The van der Waals surface area contributed by atoms with E-state index in [0.717, 1.165) is 41.6 Å². The standard InChI is InChI=1S/C16H19N3O2S/c1-21-9-7-17-16-18-14(11-22-16)12-4-2-5-13(10-12)19-8-3-6-15(19)20/h2,4-5,10-11H,3,6-9H2,1H3,(H,17,18). The fourth-order valence-electron chi connectivity index (χ4n) is 2.50. The van der Waals surface area contributed by atoms with E-state index >= 15 is 0 Å². The molecule has 2 heterocycles. The quantitative estimate of drug-likeness (QED) is 0.832. The van der Waals surface area contributed by atoms with Crippen LogP contribution in [0.2, 0.25) is 0 Å². The number of thiazole rings is 1. The second-order valence-corrected chi connectivity index (χ2v) is 6.01. The summed E-state index contributed by atoms with van der Waals surface area (Å²) in [4.78, 5) is 18.3. The molecule has 0 saturated carbocycles. The highest BCUT2D eigenvalue weighted by Crippen LogP contribution is 2.29. The number of benzene rings is 1. The summed E-state index contributed by atoms with van der Waals surface area (Å²) in [6.45, 7) is 2.20. The maximum atomic E-state index is 11.9. The molecule has 1 N–H and O–H groups in total. The summed E-state index contributed by atoms with van der Waals surface area (Å²) < 4.78 is 5.01. The van der Waals surface area contributed by atoms with E-state index in [1.165, 1.54) is 0 Å². The first kappa shape index (κ1) is 15.0. The number of nitrogens with zero attached hydrogens (tertiary/aromatic N) is 2. The third-order valence-electron chi connectivity index (χ3n) is 3.61. The van der Waals surface area contributed by atoms with E-state index < -0.39 is 0 Å². The van der Waals surface area contributed by atoms with Gasteiger partial charge in [-0.2, -0.15) is 0 Å². The Balaban J connectivity index is 1.76. The Kier molecular flexibility index (Phi) is 4.70. The molecule has 5 nitrogen and oxygen atoms in total. The molecule has 6 heteroatoms. The zero-order valence-electron chi connectivity index (χ0n) is 12.5. The Bertz CT molecular complexity index is 656. The fourth-order valence-corrected chi connectivity index (χ4v) is 3.25. The number of methoxy groups -OCH3 is 1. The van der Waals surface area contributed by atoms with Crippen molar-refractivity contribution in [2.24, 2.45) is 0 Å². The monoisotopic (exact) mass is 317 g/mol. The van der Waals surface area contributed by atoms with Gasteiger partial charge in [-0.15, -0.1) is 11.3 Å². The number of hydrogen-bond donors (Lipinski definition) is 1. The van der Waals surface area contributed by atoms with Gasteiger partial charge in [0.15, 0.2) is 5.13 Å². The van der Waals surface area contributed by atoms with Crippen LogP contribution in [0.15, 0.2) is 29.6 Å². The lowest BCUT2D eigenvalue weighted by Gasteiger charge is -2.16. The van der Waals surface area contributed by atoms with Gasteiger partial charge in [-0.3, -0.25) is 4.79 Å². The number of nitrogens with one attached hydrogen (secondary N) is 1. The molecule has 0 bridgehead atoms. The van der Waals surface area contributed by atoms with Gasteiger partial charge in [0, 0.05) is 43.3 Å². The van der Waals surface area contributed by atoms with Crippen molar-refractivity contribution in [3.8, 4) is 11.3 Å². The third-order valence-corrected chi connectivity index (χ3v) is 4.41. The van der Waals surface area contributed by atoms with Gasteiger partial charge in [0.2, 0.25) is 5.91 Å². The zero-order chi connectivity index (χ0) is 15.4. The highest BCUT2D eigenvalue weighted by Gasteiger charge is 2.21. The van der Waals surface area contributed by atoms with Crippen molar-refractivity contribution in [1.82, 2.24) is 4.98 Å². The first-order chi connectivity index (χ1) is 10.8. The van der Waals surface area contributed by atoms with Crippen LogP contribution >= 0.6 is 11.3 Å². The molecule has 1 aliphatic rings. The Morgan fingerprint density at radius 3 is 3.14 bits per heavy atom. The summed E-state index contributed by atoms with van der Waals surface area (Å²) in [5.41, 5.74) is 2.92. The van der Waals surface area contributed by atoms with Crippen LogP contribution < -0.4 is 10.2 Å². The van der Waals surface area contributed by atoms with E-state index in [1.54, 1.807) is 18.4 Å². The van der Waals surface area contributed by atoms with E-state index in [2.05, 4.69) is 10.3 Å². The molecular formula is C16H19N3O2S. The fraction of sp³-hybridized carbons (Fsp3) is 0.375. The van der Waals surface area contributed by atoms with Crippen molar-refractivity contribution in [3.05, 3.63) is 29.6 Å². The van der Waals surface area contributed by atoms with Crippen LogP contribution in [0, 0.1) is 0 Å². The molecule has 0 aliphatic carbocycles. The molecule has 3 rings (SSSR count). The van der Waals surface area contributed by atoms with Crippen LogP contribution in [0.25, 0.3) is 11.3 Å². The largest absolute Gasteiger partial charge is 0.383 e. The van der Waals surface area contributed by atoms with Gasteiger partial charge in [0.1, 0.15) is 0 Å². The number of hydrogen-bond acceptors (Lipinski definition) is 5. The SMILES string of the molecule is COCCNc1nc(-c2cccc(N3CCCC3=O)c2)cs1. The molecule has 1 aliphatic heterocycles. The minimum atomic E-state index is 0.206.